The van der Waals surface area contributed by atoms with Crippen molar-refractivity contribution < 1.29 is 23.8 Å². The number of benzene rings is 1. The number of carbonyl (C=O) groups excluding carboxylic acids is 2. The average molecular weight is 318 g/mol. The summed E-state index contributed by atoms with van der Waals surface area (Å²) in [5.74, 6) is 0.575. The van der Waals surface area contributed by atoms with Gasteiger partial charge in [-0.2, -0.15) is 0 Å². The van der Waals surface area contributed by atoms with Gasteiger partial charge in [-0.1, -0.05) is 6.07 Å². The van der Waals surface area contributed by atoms with E-state index in [1.807, 2.05) is 6.07 Å². The Morgan fingerprint density at radius 3 is 2.78 bits per heavy atom. The molecule has 0 bridgehead atoms. The van der Waals surface area contributed by atoms with Crippen molar-refractivity contribution in [3.63, 3.8) is 0 Å². The highest BCUT2D eigenvalue weighted by Crippen LogP contribution is 2.31. The summed E-state index contributed by atoms with van der Waals surface area (Å²) in [4.78, 5) is 24.3. The molecule has 1 saturated heterocycles. The molecule has 23 heavy (non-hydrogen) atoms. The predicted octanol–water partition coefficient (Wildman–Crippen LogP) is 2.41. The van der Waals surface area contributed by atoms with Crippen LogP contribution in [0.25, 0.3) is 0 Å². The van der Waals surface area contributed by atoms with Crippen molar-refractivity contribution in [2.75, 3.05) is 26.9 Å². The third-order valence-corrected chi connectivity index (χ3v) is 4.64. The van der Waals surface area contributed by atoms with E-state index in [2.05, 4.69) is 0 Å². The van der Waals surface area contributed by atoms with Gasteiger partial charge in [0.2, 0.25) is 0 Å². The van der Waals surface area contributed by atoms with E-state index in [1.165, 1.54) is 7.11 Å². The molecule has 0 saturated carbocycles. The first-order valence-corrected chi connectivity index (χ1v) is 8.14. The van der Waals surface area contributed by atoms with Gasteiger partial charge in [-0.25, -0.2) is 4.79 Å². The highest BCUT2D eigenvalue weighted by molar-refractivity contribution is 5.90. The van der Waals surface area contributed by atoms with Gasteiger partial charge in [0.25, 0.3) is 0 Å². The Morgan fingerprint density at radius 2 is 2.04 bits per heavy atom. The monoisotopic (exact) mass is 318 g/mol. The number of ketones is 1. The molecule has 2 heterocycles. The molecule has 3 rings (SSSR count). The van der Waals surface area contributed by atoms with Crippen molar-refractivity contribution in [1.82, 2.24) is 0 Å². The summed E-state index contributed by atoms with van der Waals surface area (Å²) in [6.45, 7) is 1.79. The fraction of sp³-hybridized carbons (Fsp3) is 0.556. The van der Waals surface area contributed by atoms with Crippen molar-refractivity contribution in [2.45, 2.75) is 25.7 Å². The second-order valence-corrected chi connectivity index (χ2v) is 6.17. The lowest BCUT2D eigenvalue weighted by molar-refractivity contribution is -0.131. The number of Topliss-reactive ketones (excluding diaryl/α,β-unsaturated/α-hetero) is 1. The molecule has 1 fully saturated rings. The Morgan fingerprint density at radius 1 is 1.17 bits per heavy atom. The SMILES string of the molecule is COC(=O)c1ccc2c(c1)OCCC(C(=O)C1CCCOC1)C2. The molecule has 2 aliphatic rings. The molecular weight excluding hydrogens is 296 g/mol. The van der Waals surface area contributed by atoms with Crippen LogP contribution < -0.4 is 4.74 Å². The molecule has 1 aromatic carbocycles. The highest BCUT2D eigenvalue weighted by Gasteiger charge is 2.31. The smallest absolute Gasteiger partial charge is 0.337 e. The second-order valence-electron chi connectivity index (χ2n) is 6.17. The fourth-order valence-electron chi connectivity index (χ4n) is 3.32. The average Bonchev–Trinajstić information content (AvgIpc) is 2.82. The normalized spacial score (nSPS) is 24.0. The molecule has 5 nitrogen and oxygen atoms in total. The van der Waals surface area contributed by atoms with Crippen molar-refractivity contribution in [2.24, 2.45) is 11.8 Å². The molecule has 5 heteroatoms. The minimum Gasteiger partial charge on any atom is -0.493 e. The molecule has 2 atom stereocenters. The van der Waals surface area contributed by atoms with Crippen LogP contribution in [-0.2, 0) is 20.7 Å². The third kappa shape index (κ3) is 3.55. The molecule has 0 amide bonds. The highest BCUT2D eigenvalue weighted by atomic mass is 16.5. The van der Waals surface area contributed by atoms with Gasteiger partial charge in [-0.05, 0) is 43.4 Å². The van der Waals surface area contributed by atoms with Gasteiger partial charge in [-0.3, -0.25) is 4.79 Å². The Kier molecular flexibility index (Phi) is 4.96. The van der Waals surface area contributed by atoms with E-state index in [4.69, 9.17) is 14.2 Å². The van der Waals surface area contributed by atoms with E-state index in [1.54, 1.807) is 12.1 Å². The number of hydrogen-bond acceptors (Lipinski definition) is 5. The van der Waals surface area contributed by atoms with Crippen LogP contribution in [0.3, 0.4) is 0 Å². The standard InChI is InChI=1S/C18H22O5/c1-21-18(20)14-5-4-12-9-13(6-8-23-16(12)10-14)17(19)15-3-2-7-22-11-15/h4-5,10,13,15H,2-3,6-9,11H2,1H3. The maximum Gasteiger partial charge on any atom is 0.337 e. The van der Waals surface area contributed by atoms with Crippen LogP contribution in [0.1, 0.15) is 35.2 Å². The van der Waals surface area contributed by atoms with Gasteiger partial charge < -0.3 is 14.2 Å². The molecule has 0 aromatic heterocycles. The van der Waals surface area contributed by atoms with Crippen molar-refractivity contribution in [3.05, 3.63) is 29.3 Å². The van der Waals surface area contributed by atoms with Crippen LogP contribution in [0.5, 0.6) is 5.75 Å². The lowest BCUT2D eigenvalue weighted by Gasteiger charge is -2.24. The lowest BCUT2D eigenvalue weighted by Crippen LogP contribution is -2.31. The van der Waals surface area contributed by atoms with Crippen molar-refractivity contribution in [1.29, 1.82) is 0 Å². The first-order chi connectivity index (χ1) is 11.2. The van der Waals surface area contributed by atoms with Crippen molar-refractivity contribution >= 4 is 11.8 Å². The summed E-state index contributed by atoms with van der Waals surface area (Å²) in [7, 11) is 1.36. The molecule has 0 spiro atoms. The first kappa shape index (κ1) is 16.0. The maximum absolute atomic E-state index is 12.7. The lowest BCUT2D eigenvalue weighted by atomic mass is 9.84. The van der Waals surface area contributed by atoms with E-state index in [9.17, 15) is 9.59 Å². The van der Waals surface area contributed by atoms with Gasteiger partial charge in [-0.15, -0.1) is 0 Å². The zero-order valence-electron chi connectivity index (χ0n) is 13.4. The number of fused-ring (bicyclic) bond motifs is 1. The Labute approximate surface area is 135 Å². The molecule has 124 valence electrons. The second kappa shape index (κ2) is 7.13. The Bertz CT molecular complexity index is 589. The third-order valence-electron chi connectivity index (χ3n) is 4.64. The van der Waals surface area contributed by atoms with E-state index in [0.29, 0.717) is 37.4 Å². The molecule has 0 N–H and O–H groups in total. The van der Waals surface area contributed by atoms with Crippen LogP contribution >= 0.6 is 0 Å². The first-order valence-electron chi connectivity index (χ1n) is 8.14. The summed E-state index contributed by atoms with van der Waals surface area (Å²) in [6, 6.07) is 5.30. The molecule has 2 unspecified atom stereocenters. The maximum atomic E-state index is 12.7. The zero-order valence-corrected chi connectivity index (χ0v) is 13.4. The molecular formula is C18H22O5. The summed E-state index contributed by atoms with van der Waals surface area (Å²) in [6.07, 6.45) is 3.24. The van der Waals surface area contributed by atoms with E-state index >= 15 is 0 Å². The predicted molar refractivity (Wildman–Crippen MR) is 83.6 cm³/mol. The Hall–Kier alpha value is -1.88. The van der Waals surface area contributed by atoms with Crippen molar-refractivity contribution in [3.8, 4) is 5.75 Å². The van der Waals surface area contributed by atoms with Gasteiger partial charge in [0.05, 0.1) is 25.9 Å². The van der Waals surface area contributed by atoms with Crippen LogP contribution in [0.2, 0.25) is 0 Å². The van der Waals surface area contributed by atoms with Crippen LogP contribution in [-0.4, -0.2) is 38.7 Å². The summed E-state index contributed by atoms with van der Waals surface area (Å²) >= 11 is 0. The number of ether oxygens (including phenoxy) is 3. The van der Waals surface area contributed by atoms with Gasteiger partial charge >= 0.3 is 5.97 Å². The summed E-state index contributed by atoms with van der Waals surface area (Å²) < 4.78 is 15.9. The number of esters is 1. The van der Waals surface area contributed by atoms with Gasteiger partial charge in [0.1, 0.15) is 11.5 Å². The van der Waals surface area contributed by atoms with Crippen LogP contribution in [0.15, 0.2) is 18.2 Å². The zero-order chi connectivity index (χ0) is 16.2. The number of hydrogen-bond donors (Lipinski definition) is 0. The molecule has 0 aliphatic carbocycles. The fourth-order valence-corrected chi connectivity index (χ4v) is 3.32. The van der Waals surface area contributed by atoms with E-state index < -0.39 is 0 Å². The Balaban J connectivity index is 1.75. The largest absolute Gasteiger partial charge is 0.493 e. The van der Waals surface area contributed by atoms with E-state index in [0.717, 1.165) is 25.0 Å². The number of methoxy groups -OCH3 is 1. The molecule has 0 radical (unpaired) electrons. The number of rotatable bonds is 3. The minimum absolute atomic E-state index is 0.0182. The van der Waals surface area contributed by atoms with Gasteiger partial charge in [0.15, 0.2) is 0 Å². The van der Waals surface area contributed by atoms with Gasteiger partial charge in [0, 0.05) is 18.4 Å². The topological polar surface area (TPSA) is 61.8 Å². The van der Waals surface area contributed by atoms with Crippen LogP contribution in [0, 0.1) is 11.8 Å². The molecule has 1 aromatic rings. The quantitative estimate of drug-likeness (QED) is 0.801. The number of carbonyl (C=O) groups is 2. The summed E-state index contributed by atoms with van der Waals surface area (Å²) in [5, 5.41) is 0. The van der Waals surface area contributed by atoms with E-state index in [-0.39, 0.29) is 23.6 Å². The van der Waals surface area contributed by atoms with Crippen LogP contribution in [0.4, 0.5) is 0 Å². The summed E-state index contributed by atoms with van der Waals surface area (Å²) in [5.41, 5.74) is 1.45. The minimum atomic E-state index is -0.382. The molecule has 2 aliphatic heterocycles.